The summed E-state index contributed by atoms with van der Waals surface area (Å²) < 4.78 is 73.5. The Hall–Kier alpha value is -0.680. The average Bonchev–Trinajstić information content (AvgIpc) is 3.21. The number of aliphatic hydroxyl groups is 4. The van der Waals surface area contributed by atoms with Crippen LogP contribution in [-0.2, 0) is 61.6 Å². The molecular weight excluding hydrogens is 776 g/mol. The van der Waals surface area contributed by atoms with Crippen LogP contribution in [0.15, 0.2) is 0 Å². The monoisotopic (exact) mass is 865 g/mol. The molecule has 12 unspecified atom stereocenters. The highest BCUT2D eigenvalue weighted by molar-refractivity contribution is 4.61. The smallest absolute Gasteiger partial charge is 0.0781 e. The molecular formula is C42H88O17. The summed E-state index contributed by atoms with van der Waals surface area (Å²) in [6.45, 7) is 29.6. The van der Waals surface area contributed by atoms with Crippen molar-refractivity contribution in [3.8, 4) is 0 Å². The van der Waals surface area contributed by atoms with Crippen molar-refractivity contribution in [1.82, 2.24) is 0 Å². The minimum Gasteiger partial charge on any atom is -0.394 e. The lowest BCUT2D eigenvalue weighted by Gasteiger charge is -2.23. The lowest BCUT2D eigenvalue weighted by Crippen LogP contribution is -2.31. The van der Waals surface area contributed by atoms with Crippen LogP contribution in [0.3, 0.4) is 0 Å². The SMILES string of the molecule is CC(O)COC(C)COC(C)COC(C)COC(C)COC(C)COC(C)COC(C)COC(C)COC(C)COC(C)COC(C)CO.OCCOCCOCCO. The predicted octanol–water partition coefficient (Wildman–Crippen LogP) is 2.82. The predicted molar refractivity (Wildman–Crippen MR) is 224 cm³/mol. The number of rotatable bonds is 41. The quantitative estimate of drug-likeness (QED) is 0.0654. The maximum absolute atomic E-state index is 9.30. The van der Waals surface area contributed by atoms with Gasteiger partial charge < -0.3 is 82.0 Å². The molecule has 4 N–H and O–H groups in total. The third-order valence-electron chi connectivity index (χ3n) is 7.88. The van der Waals surface area contributed by atoms with E-state index in [1.54, 1.807) is 6.92 Å². The first-order valence-corrected chi connectivity index (χ1v) is 21.5. The minimum atomic E-state index is -0.488. The summed E-state index contributed by atoms with van der Waals surface area (Å²) in [5, 5.41) is 34.9. The van der Waals surface area contributed by atoms with Crippen LogP contribution in [0.4, 0.5) is 0 Å². The summed E-state index contributed by atoms with van der Waals surface area (Å²) >= 11 is 0. The van der Waals surface area contributed by atoms with E-state index in [1.807, 2.05) is 76.2 Å². The zero-order chi connectivity index (χ0) is 44.8. The number of hydrogen-bond donors (Lipinski definition) is 4. The van der Waals surface area contributed by atoms with Gasteiger partial charge in [0.1, 0.15) is 0 Å². The fraction of sp³-hybridized carbons (Fsp3) is 1.00. The van der Waals surface area contributed by atoms with Crippen molar-refractivity contribution in [3.63, 3.8) is 0 Å². The van der Waals surface area contributed by atoms with Crippen LogP contribution in [0.1, 0.15) is 83.1 Å². The molecule has 59 heavy (non-hydrogen) atoms. The van der Waals surface area contributed by atoms with Gasteiger partial charge in [0.2, 0.25) is 0 Å². The topological polar surface area (TPSA) is 201 Å². The molecule has 358 valence electrons. The first-order chi connectivity index (χ1) is 28.0. The van der Waals surface area contributed by atoms with E-state index < -0.39 is 6.10 Å². The van der Waals surface area contributed by atoms with Crippen molar-refractivity contribution >= 4 is 0 Å². The van der Waals surface area contributed by atoms with E-state index in [4.69, 9.17) is 76.9 Å². The lowest BCUT2D eigenvalue weighted by atomic mass is 10.3. The molecule has 0 rings (SSSR count). The van der Waals surface area contributed by atoms with Crippen LogP contribution in [0.2, 0.25) is 0 Å². The highest BCUT2D eigenvalue weighted by Gasteiger charge is 2.16. The molecule has 0 aromatic rings. The van der Waals surface area contributed by atoms with Crippen LogP contribution in [0.5, 0.6) is 0 Å². The first-order valence-electron chi connectivity index (χ1n) is 21.5. The maximum atomic E-state index is 9.30. The number of hydrogen-bond acceptors (Lipinski definition) is 17. The van der Waals surface area contributed by atoms with Gasteiger partial charge in [0, 0.05) is 0 Å². The number of aliphatic hydroxyl groups excluding tert-OH is 4. The second kappa shape index (κ2) is 41.3. The Morgan fingerprint density at radius 3 is 0.627 bits per heavy atom. The standard InChI is InChI=1S/C36H74O13.C6H14O4/c1-25(38)14-39-27(3)16-41-29(5)18-43-31(7)20-45-33(9)22-47-35(11)24-49-36(12)23-48-34(10)21-46-32(8)19-44-30(6)17-42-28(4)15-40-26(2)13-37;7-1-3-9-5-6-10-4-2-8/h25-38H,13-24H2,1-12H3;7-8H,1-6H2. The molecule has 0 aromatic carbocycles. The summed E-state index contributed by atoms with van der Waals surface area (Å²) in [6, 6.07) is 0. The zero-order valence-electron chi connectivity index (χ0n) is 38.8. The Kier molecular flexibility index (Phi) is 42.3. The molecule has 0 aromatic heterocycles. The molecule has 0 radical (unpaired) electrons. The average molecular weight is 865 g/mol. The van der Waals surface area contributed by atoms with E-state index in [9.17, 15) is 5.11 Å². The van der Waals surface area contributed by atoms with E-state index in [-0.39, 0.29) is 87.0 Å². The maximum Gasteiger partial charge on any atom is 0.0781 e. The van der Waals surface area contributed by atoms with Crippen LogP contribution in [-0.4, -0.2) is 213 Å². The molecule has 17 nitrogen and oxygen atoms in total. The van der Waals surface area contributed by atoms with Crippen molar-refractivity contribution in [1.29, 1.82) is 0 Å². The Balaban J connectivity index is 0. The van der Waals surface area contributed by atoms with E-state index in [2.05, 4.69) is 0 Å². The number of ether oxygens (including phenoxy) is 13. The molecule has 0 heterocycles. The molecule has 17 heteroatoms. The summed E-state index contributed by atoms with van der Waals surface area (Å²) in [4.78, 5) is 0. The van der Waals surface area contributed by atoms with Gasteiger partial charge in [0.15, 0.2) is 0 Å². The summed E-state index contributed by atoms with van der Waals surface area (Å²) in [5.41, 5.74) is 0. The van der Waals surface area contributed by atoms with Gasteiger partial charge >= 0.3 is 0 Å². The van der Waals surface area contributed by atoms with Gasteiger partial charge in [-0.15, -0.1) is 0 Å². The van der Waals surface area contributed by atoms with Crippen LogP contribution in [0.25, 0.3) is 0 Å². The fourth-order valence-corrected chi connectivity index (χ4v) is 4.29. The fourth-order valence-electron chi connectivity index (χ4n) is 4.29. The lowest BCUT2D eigenvalue weighted by molar-refractivity contribution is -0.113. The van der Waals surface area contributed by atoms with Crippen molar-refractivity contribution in [2.45, 2.75) is 156 Å². The Labute approximate surface area is 356 Å². The van der Waals surface area contributed by atoms with E-state index >= 15 is 0 Å². The molecule has 12 atom stereocenters. The van der Waals surface area contributed by atoms with Gasteiger partial charge in [-0.1, -0.05) is 0 Å². The van der Waals surface area contributed by atoms with Gasteiger partial charge in [0.05, 0.1) is 192 Å². The molecule has 0 aliphatic heterocycles. The van der Waals surface area contributed by atoms with Crippen LogP contribution < -0.4 is 0 Å². The highest BCUT2D eigenvalue weighted by atomic mass is 16.6. The van der Waals surface area contributed by atoms with Gasteiger partial charge in [-0.05, 0) is 83.1 Å². The molecule has 0 fully saturated rings. The van der Waals surface area contributed by atoms with E-state index in [0.29, 0.717) is 99.1 Å². The Morgan fingerprint density at radius 2 is 0.458 bits per heavy atom. The minimum absolute atomic E-state index is 0.00643. The molecule has 0 saturated heterocycles. The molecule has 0 aliphatic rings. The van der Waals surface area contributed by atoms with E-state index in [1.165, 1.54) is 0 Å². The summed E-state index contributed by atoms with van der Waals surface area (Å²) in [7, 11) is 0. The zero-order valence-corrected chi connectivity index (χ0v) is 38.8. The van der Waals surface area contributed by atoms with Crippen molar-refractivity contribution in [2.24, 2.45) is 0 Å². The molecule has 0 saturated carbocycles. The molecule has 0 amide bonds. The highest BCUT2D eigenvalue weighted by Crippen LogP contribution is 2.07. The summed E-state index contributed by atoms with van der Waals surface area (Å²) in [6.07, 6.45) is -1.54. The second-order valence-corrected chi connectivity index (χ2v) is 15.3. The van der Waals surface area contributed by atoms with Crippen molar-refractivity contribution in [3.05, 3.63) is 0 Å². The Bertz CT molecular complexity index is 854. The Morgan fingerprint density at radius 1 is 0.271 bits per heavy atom. The van der Waals surface area contributed by atoms with Gasteiger partial charge in [-0.2, -0.15) is 0 Å². The largest absolute Gasteiger partial charge is 0.394 e. The van der Waals surface area contributed by atoms with Crippen molar-refractivity contribution < 1.29 is 82.0 Å². The molecule has 0 aliphatic carbocycles. The third-order valence-corrected chi connectivity index (χ3v) is 7.88. The van der Waals surface area contributed by atoms with E-state index in [0.717, 1.165) is 0 Å². The summed E-state index contributed by atoms with van der Waals surface area (Å²) in [5.74, 6) is 0. The third kappa shape index (κ3) is 43.8. The van der Waals surface area contributed by atoms with Gasteiger partial charge in [-0.25, -0.2) is 0 Å². The van der Waals surface area contributed by atoms with Gasteiger partial charge in [-0.3, -0.25) is 0 Å². The normalized spacial score (nSPS) is 18.1. The van der Waals surface area contributed by atoms with Crippen molar-refractivity contribution in [2.75, 3.05) is 119 Å². The second-order valence-electron chi connectivity index (χ2n) is 15.3. The molecule has 0 spiro atoms. The van der Waals surface area contributed by atoms with Crippen LogP contribution >= 0.6 is 0 Å². The molecule has 0 bridgehead atoms. The van der Waals surface area contributed by atoms with Gasteiger partial charge in [0.25, 0.3) is 0 Å². The van der Waals surface area contributed by atoms with Crippen LogP contribution in [0, 0.1) is 0 Å². The first kappa shape index (κ1) is 60.4.